The fraction of sp³-hybridized carbons (Fsp3) is 0.714. The molecule has 3 amide bonds. The number of nitrogens with two attached hydrogens (primary N) is 1. The molecule has 0 aromatic rings. The maximum Gasteiger partial charge on any atom is 0.326 e. The Morgan fingerprint density at radius 1 is 0.800 bits per heavy atom. The van der Waals surface area contributed by atoms with Gasteiger partial charge in [0.05, 0.1) is 6.04 Å². The van der Waals surface area contributed by atoms with E-state index in [1.807, 2.05) is 0 Å². The molecule has 0 rings (SSSR count). The number of nitrogens with one attached hydrogen (secondary N) is 3. The second-order valence-electron chi connectivity index (χ2n) is 8.09. The third kappa shape index (κ3) is 13.0. The van der Waals surface area contributed by atoms with Crippen LogP contribution in [-0.2, 0) is 28.8 Å². The molecule has 0 saturated carbocycles. The van der Waals surface area contributed by atoms with Crippen LogP contribution in [0.2, 0.25) is 0 Å². The van der Waals surface area contributed by atoms with Crippen LogP contribution in [0, 0.1) is 5.92 Å². The first-order chi connectivity index (χ1) is 16.3. The average Bonchev–Trinajstić information content (AvgIpc) is 2.79. The van der Waals surface area contributed by atoms with Gasteiger partial charge in [0, 0.05) is 12.8 Å². The number of carboxylic acids is 3. The Balaban J connectivity index is 5.49. The fourth-order valence-electron chi connectivity index (χ4n) is 2.94. The average molecular weight is 521 g/mol. The first kappa shape index (κ1) is 32.1. The Morgan fingerprint density at radius 2 is 1.34 bits per heavy atom. The summed E-state index contributed by atoms with van der Waals surface area (Å²) in [5.41, 5.74) is 5.72. The molecule has 8 N–H and O–H groups in total. The van der Waals surface area contributed by atoms with Crippen molar-refractivity contribution < 1.29 is 44.1 Å². The van der Waals surface area contributed by atoms with Gasteiger partial charge in [-0.3, -0.25) is 24.0 Å². The molecule has 0 aromatic heterocycles. The minimum absolute atomic E-state index is 0.122. The molecular weight excluding hydrogens is 484 g/mol. The monoisotopic (exact) mass is 520 g/mol. The number of amides is 3. The number of carboxylic acid groups (broad SMARTS) is 3. The molecule has 0 radical (unpaired) electrons. The SMILES string of the molecule is CCC(C)C(NC(=O)C(CCSC)NC(=O)C(N)CCC(=O)O)C(=O)NC(CCC(=O)O)C(=O)O. The van der Waals surface area contributed by atoms with E-state index in [-0.39, 0.29) is 25.7 Å². The van der Waals surface area contributed by atoms with Crippen molar-refractivity contribution in [3.63, 3.8) is 0 Å². The number of hydrogen-bond donors (Lipinski definition) is 7. The van der Waals surface area contributed by atoms with E-state index in [2.05, 4.69) is 16.0 Å². The summed E-state index contributed by atoms with van der Waals surface area (Å²) >= 11 is 1.42. The standard InChI is InChI=1S/C21H36N4O9S/c1-4-11(2)17(20(32)24-14(21(33)34)6-8-16(28)29)25-19(31)13(9-10-35-3)23-18(30)12(22)5-7-15(26)27/h11-14,17H,4-10,22H2,1-3H3,(H,23,30)(H,24,32)(H,25,31)(H,26,27)(H,28,29)(H,33,34). The molecule has 14 heteroatoms. The lowest BCUT2D eigenvalue weighted by Crippen LogP contribution is -2.58. The zero-order valence-electron chi connectivity index (χ0n) is 20.1. The van der Waals surface area contributed by atoms with Crippen LogP contribution in [-0.4, -0.2) is 87.1 Å². The Hall–Kier alpha value is -2.87. The lowest BCUT2D eigenvalue weighted by molar-refractivity contribution is -0.144. The van der Waals surface area contributed by atoms with E-state index >= 15 is 0 Å². The number of rotatable bonds is 18. The molecular formula is C21H36N4O9S. The molecule has 13 nitrogen and oxygen atoms in total. The molecule has 5 atom stereocenters. The summed E-state index contributed by atoms with van der Waals surface area (Å²) in [6, 6.07) is -4.81. The highest BCUT2D eigenvalue weighted by molar-refractivity contribution is 7.98. The summed E-state index contributed by atoms with van der Waals surface area (Å²) in [7, 11) is 0. The number of carbonyl (C=O) groups excluding carboxylic acids is 3. The number of aliphatic carboxylic acids is 3. The zero-order valence-corrected chi connectivity index (χ0v) is 20.9. The Kier molecular flexibility index (Phi) is 15.3. The van der Waals surface area contributed by atoms with Gasteiger partial charge in [0.2, 0.25) is 17.7 Å². The van der Waals surface area contributed by atoms with Gasteiger partial charge in [-0.15, -0.1) is 0 Å². The summed E-state index contributed by atoms with van der Waals surface area (Å²) in [6.07, 6.45) is 1.21. The minimum Gasteiger partial charge on any atom is -0.481 e. The van der Waals surface area contributed by atoms with Gasteiger partial charge in [0.25, 0.3) is 0 Å². The van der Waals surface area contributed by atoms with Crippen LogP contribution in [0.3, 0.4) is 0 Å². The highest BCUT2D eigenvalue weighted by Crippen LogP contribution is 2.11. The smallest absolute Gasteiger partial charge is 0.326 e. The van der Waals surface area contributed by atoms with Gasteiger partial charge < -0.3 is 37.0 Å². The van der Waals surface area contributed by atoms with E-state index in [1.165, 1.54) is 11.8 Å². The van der Waals surface area contributed by atoms with E-state index < -0.39 is 72.1 Å². The van der Waals surface area contributed by atoms with E-state index in [1.54, 1.807) is 20.1 Å². The molecule has 0 aliphatic carbocycles. The van der Waals surface area contributed by atoms with Crippen molar-refractivity contribution in [2.45, 2.75) is 76.5 Å². The summed E-state index contributed by atoms with van der Waals surface area (Å²) in [5.74, 6) is -5.86. The van der Waals surface area contributed by atoms with Gasteiger partial charge in [-0.25, -0.2) is 4.79 Å². The maximum absolute atomic E-state index is 13.0. The third-order valence-corrected chi connectivity index (χ3v) is 5.95. The molecule has 200 valence electrons. The fourth-order valence-corrected chi connectivity index (χ4v) is 3.41. The van der Waals surface area contributed by atoms with Crippen molar-refractivity contribution in [2.24, 2.45) is 11.7 Å². The topological polar surface area (TPSA) is 225 Å². The molecule has 0 aromatic carbocycles. The molecule has 0 saturated heterocycles. The number of thioether (sulfide) groups is 1. The number of carbonyl (C=O) groups is 6. The van der Waals surface area contributed by atoms with Crippen LogP contribution in [0.15, 0.2) is 0 Å². The summed E-state index contributed by atoms with van der Waals surface area (Å²) < 4.78 is 0. The van der Waals surface area contributed by atoms with Crippen LogP contribution in [0.1, 0.15) is 52.4 Å². The van der Waals surface area contributed by atoms with Gasteiger partial charge in [-0.05, 0) is 37.2 Å². The molecule has 5 unspecified atom stereocenters. The maximum atomic E-state index is 13.0. The molecule has 0 bridgehead atoms. The Bertz CT molecular complexity index is 765. The zero-order chi connectivity index (χ0) is 27.1. The highest BCUT2D eigenvalue weighted by atomic mass is 32.2. The first-order valence-corrected chi connectivity index (χ1v) is 12.5. The minimum atomic E-state index is -1.46. The molecule has 0 heterocycles. The van der Waals surface area contributed by atoms with Crippen LogP contribution >= 0.6 is 11.8 Å². The van der Waals surface area contributed by atoms with Crippen molar-refractivity contribution in [1.82, 2.24) is 16.0 Å². The predicted molar refractivity (Wildman–Crippen MR) is 128 cm³/mol. The van der Waals surface area contributed by atoms with Gasteiger partial charge in [0.15, 0.2) is 0 Å². The van der Waals surface area contributed by atoms with Crippen LogP contribution in [0.5, 0.6) is 0 Å². The van der Waals surface area contributed by atoms with Crippen molar-refractivity contribution in [3.05, 3.63) is 0 Å². The van der Waals surface area contributed by atoms with Gasteiger partial charge >= 0.3 is 17.9 Å². The van der Waals surface area contributed by atoms with Crippen molar-refractivity contribution in [2.75, 3.05) is 12.0 Å². The Labute approximate surface area is 208 Å². The van der Waals surface area contributed by atoms with E-state index in [4.69, 9.17) is 15.9 Å². The second-order valence-corrected chi connectivity index (χ2v) is 9.07. The summed E-state index contributed by atoms with van der Waals surface area (Å²) in [4.78, 5) is 71.2. The molecule has 0 aliphatic rings. The Morgan fingerprint density at radius 3 is 1.83 bits per heavy atom. The quantitative estimate of drug-likeness (QED) is 0.120. The largest absolute Gasteiger partial charge is 0.481 e. The molecule has 35 heavy (non-hydrogen) atoms. The third-order valence-electron chi connectivity index (χ3n) is 5.30. The van der Waals surface area contributed by atoms with Crippen LogP contribution < -0.4 is 21.7 Å². The lowest BCUT2D eigenvalue weighted by Gasteiger charge is -2.28. The molecule has 0 fully saturated rings. The van der Waals surface area contributed by atoms with E-state index in [0.29, 0.717) is 12.2 Å². The van der Waals surface area contributed by atoms with E-state index in [9.17, 15) is 33.9 Å². The van der Waals surface area contributed by atoms with Gasteiger partial charge in [0.1, 0.15) is 18.1 Å². The summed E-state index contributed by atoms with van der Waals surface area (Å²) in [6.45, 7) is 3.44. The van der Waals surface area contributed by atoms with E-state index in [0.717, 1.165) is 0 Å². The van der Waals surface area contributed by atoms with Crippen molar-refractivity contribution >= 4 is 47.4 Å². The summed E-state index contributed by atoms with van der Waals surface area (Å²) in [5, 5.41) is 34.2. The van der Waals surface area contributed by atoms with Crippen LogP contribution in [0.4, 0.5) is 0 Å². The second kappa shape index (κ2) is 16.7. The van der Waals surface area contributed by atoms with Gasteiger partial charge in [-0.1, -0.05) is 20.3 Å². The normalized spacial score (nSPS) is 15.1. The van der Waals surface area contributed by atoms with Gasteiger partial charge in [-0.2, -0.15) is 11.8 Å². The predicted octanol–water partition coefficient (Wildman–Crippen LogP) is -0.618. The molecule has 0 aliphatic heterocycles. The molecule has 0 spiro atoms. The van der Waals surface area contributed by atoms with Crippen LogP contribution in [0.25, 0.3) is 0 Å². The van der Waals surface area contributed by atoms with Crippen molar-refractivity contribution in [3.8, 4) is 0 Å². The highest BCUT2D eigenvalue weighted by Gasteiger charge is 2.32. The lowest BCUT2D eigenvalue weighted by atomic mass is 9.97. The number of hydrogen-bond acceptors (Lipinski definition) is 8. The first-order valence-electron chi connectivity index (χ1n) is 11.2. The van der Waals surface area contributed by atoms with Crippen molar-refractivity contribution in [1.29, 1.82) is 0 Å².